The first-order chi connectivity index (χ1) is 8.74. The molecule has 1 heterocycles. The Morgan fingerprint density at radius 1 is 1.28 bits per heavy atom. The Morgan fingerprint density at radius 3 is 2.61 bits per heavy atom. The first kappa shape index (κ1) is 12.4. The summed E-state index contributed by atoms with van der Waals surface area (Å²) < 4.78 is 5.48. The van der Waals surface area contributed by atoms with Crippen LogP contribution in [-0.2, 0) is 6.61 Å². The summed E-state index contributed by atoms with van der Waals surface area (Å²) in [6, 6.07) is 10.3. The summed E-state index contributed by atoms with van der Waals surface area (Å²) >= 11 is 5.97. The van der Waals surface area contributed by atoms with E-state index in [0.29, 0.717) is 11.3 Å². The number of hydrogen-bond donors (Lipinski definition) is 1. The number of nitriles is 1. The third kappa shape index (κ3) is 2.59. The van der Waals surface area contributed by atoms with Gasteiger partial charge in [0.15, 0.2) is 0 Å². The molecule has 5 heteroatoms. The number of aliphatic hydroxyl groups is 1. The van der Waals surface area contributed by atoms with Gasteiger partial charge in [0.05, 0.1) is 12.2 Å². The molecule has 90 valence electrons. The zero-order valence-electron chi connectivity index (χ0n) is 9.30. The number of pyridine rings is 1. The van der Waals surface area contributed by atoms with Crippen LogP contribution in [-0.4, -0.2) is 10.1 Å². The van der Waals surface area contributed by atoms with Gasteiger partial charge in [-0.15, -0.1) is 0 Å². The van der Waals surface area contributed by atoms with Crippen molar-refractivity contribution in [1.82, 2.24) is 4.98 Å². The molecule has 1 aromatic carbocycles. The summed E-state index contributed by atoms with van der Waals surface area (Å²) in [6.07, 6.45) is 1.46. The van der Waals surface area contributed by atoms with Crippen molar-refractivity contribution in [1.29, 1.82) is 5.26 Å². The predicted octanol–water partition coefficient (Wildman–Crippen LogP) is 2.89. The second-order valence-corrected chi connectivity index (χ2v) is 3.87. The molecule has 2 aromatic rings. The standard InChI is InChI=1S/C13H9ClN2O2/c14-12-10(7-15)5-6-16-13(12)18-11-3-1-9(8-17)2-4-11/h1-6,17H,8H2. The van der Waals surface area contributed by atoms with Gasteiger partial charge in [-0.25, -0.2) is 4.98 Å². The summed E-state index contributed by atoms with van der Waals surface area (Å²) in [4.78, 5) is 3.97. The molecule has 0 radical (unpaired) electrons. The highest BCUT2D eigenvalue weighted by atomic mass is 35.5. The molecule has 4 nitrogen and oxygen atoms in total. The lowest BCUT2D eigenvalue weighted by Gasteiger charge is -2.07. The van der Waals surface area contributed by atoms with Crippen LogP contribution in [0.25, 0.3) is 0 Å². The Hall–Kier alpha value is -2.09. The lowest BCUT2D eigenvalue weighted by atomic mass is 10.2. The SMILES string of the molecule is N#Cc1ccnc(Oc2ccc(CO)cc2)c1Cl. The van der Waals surface area contributed by atoms with Crippen LogP contribution in [0.15, 0.2) is 36.5 Å². The average Bonchev–Trinajstić information content (AvgIpc) is 2.42. The molecule has 0 aliphatic heterocycles. The van der Waals surface area contributed by atoms with E-state index in [0.717, 1.165) is 5.56 Å². The third-order valence-electron chi connectivity index (χ3n) is 2.30. The number of hydrogen-bond acceptors (Lipinski definition) is 4. The molecule has 2 rings (SSSR count). The molecule has 18 heavy (non-hydrogen) atoms. The average molecular weight is 261 g/mol. The van der Waals surface area contributed by atoms with Crippen LogP contribution in [0.2, 0.25) is 5.02 Å². The molecule has 1 N–H and O–H groups in total. The number of benzene rings is 1. The van der Waals surface area contributed by atoms with Gasteiger partial charge in [0.25, 0.3) is 0 Å². The van der Waals surface area contributed by atoms with Gasteiger partial charge in [0.2, 0.25) is 5.88 Å². The van der Waals surface area contributed by atoms with E-state index in [2.05, 4.69) is 4.98 Å². The van der Waals surface area contributed by atoms with E-state index >= 15 is 0 Å². The van der Waals surface area contributed by atoms with Crippen LogP contribution in [0.1, 0.15) is 11.1 Å². The highest BCUT2D eigenvalue weighted by Crippen LogP contribution is 2.29. The smallest absolute Gasteiger partial charge is 0.239 e. The van der Waals surface area contributed by atoms with Gasteiger partial charge in [-0.1, -0.05) is 23.7 Å². The Kier molecular flexibility index (Phi) is 3.78. The van der Waals surface area contributed by atoms with Gasteiger partial charge in [0, 0.05) is 6.20 Å². The van der Waals surface area contributed by atoms with E-state index in [1.165, 1.54) is 12.3 Å². The summed E-state index contributed by atoms with van der Waals surface area (Å²) in [5.74, 6) is 0.726. The van der Waals surface area contributed by atoms with E-state index in [1.54, 1.807) is 24.3 Å². The number of aliphatic hydroxyl groups excluding tert-OH is 1. The fourth-order valence-electron chi connectivity index (χ4n) is 1.36. The van der Waals surface area contributed by atoms with Crippen molar-refractivity contribution >= 4 is 11.6 Å². The fraction of sp³-hybridized carbons (Fsp3) is 0.0769. The van der Waals surface area contributed by atoms with E-state index < -0.39 is 0 Å². The van der Waals surface area contributed by atoms with E-state index in [4.69, 9.17) is 26.7 Å². The molecule has 0 aliphatic carbocycles. The molecule has 0 fully saturated rings. The normalized spacial score (nSPS) is 9.83. The lowest BCUT2D eigenvalue weighted by molar-refractivity contribution is 0.281. The first-order valence-electron chi connectivity index (χ1n) is 5.17. The monoisotopic (exact) mass is 260 g/mol. The van der Waals surface area contributed by atoms with Crippen molar-refractivity contribution in [3.8, 4) is 17.7 Å². The van der Waals surface area contributed by atoms with E-state index in [9.17, 15) is 0 Å². The number of halogens is 1. The minimum Gasteiger partial charge on any atom is -0.437 e. The summed E-state index contributed by atoms with van der Waals surface area (Å²) in [5, 5.41) is 17.9. The second-order valence-electron chi connectivity index (χ2n) is 3.49. The van der Waals surface area contributed by atoms with E-state index in [1.807, 2.05) is 6.07 Å². The fourth-order valence-corrected chi connectivity index (χ4v) is 1.55. The van der Waals surface area contributed by atoms with Gasteiger partial charge in [-0.2, -0.15) is 5.26 Å². The van der Waals surface area contributed by atoms with Crippen LogP contribution >= 0.6 is 11.6 Å². The van der Waals surface area contributed by atoms with Crippen LogP contribution in [0, 0.1) is 11.3 Å². The van der Waals surface area contributed by atoms with Gasteiger partial charge in [-0.3, -0.25) is 0 Å². The molecule has 0 saturated carbocycles. The van der Waals surface area contributed by atoms with Crippen molar-refractivity contribution in [3.05, 3.63) is 52.7 Å². The Morgan fingerprint density at radius 2 is 2.00 bits per heavy atom. The van der Waals surface area contributed by atoms with Crippen molar-refractivity contribution in [2.75, 3.05) is 0 Å². The molecular formula is C13H9ClN2O2. The van der Waals surface area contributed by atoms with Crippen molar-refractivity contribution in [2.45, 2.75) is 6.61 Å². The van der Waals surface area contributed by atoms with Gasteiger partial charge >= 0.3 is 0 Å². The number of nitrogens with zero attached hydrogens (tertiary/aromatic N) is 2. The molecule has 0 unspecified atom stereocenters. The van der Waals surface area contributed by atoms with Crippen LogP contribution in [0.5, 0.6) is 11.6 Å². The van der Waals surface area contributed by atoms with Crippen LogP contribution in [0.4, 0.5) is 0 Å². The maximum atomic E-state index is 8.92. The minimum atomic E-state index is -0.0246. The topological polar surface area (TPSA) is 66.1 Å². The highest BCUT2D eigenvalue weighted by molar-refractivity contribution is 6.33. The Bertz CT molecular complexity index is 591. The van der Waals surface area contributed by atoms with Gasteiger partial charge < -0.3 is 9.84 Å². The predicted molar refractivity (Wildman–Crippen MR) is 66.4 cm³/mol. The molecule has 0 bridgehead atoms. The molecule has 0 spiro atoms. The molecule has 0 amide bonds. The first-order valence-corrected chi connectivity index (χ1v) is 5.54. The summed E-state index contributed by atoms with van der Waals surface area (Å²) in [7, 11) is 0. The van der Waals surface area contributed by atoms with Crippen LogP contribution < -0.4 is 4.74 Å². The Balaban J connectivity index is 2.26. The van der Waals surface area contributed by atoms with Crippen molar-refractivity contribution in [2.24, 2.45) is 0 Å². The number of aromatic nitrogens is 1. The lowest BCUT2D eigenvalue weighted by Crippen LogP contribution is -1.91. The van der Waals surface area contributed by atoms with E-state index in [-0.39, 0.29) is 17.5 Å². The second kappa shape index (κ2) is 5.50. The zero-order chi connectivity index (χ0) is 13.0. The van der Waals surface area contributed by atoms with Gasteiger partial charge in [-0.05, 0) is 23.8 Å². The zero-order valence-corrected chi connectivity index (χ0v) is 10.1. The third-order valence-corrected chi connectivity index (χ3v) is 2.66. The molecule has 0 atom stereocenters. The summed E-state index contributed by atoms with van der Waals surface area (Å²) in [5.41, 5.74) is 1.10. The molecular weight excluding hydrogens is 252 g/mol. The maximum Gasteiger partial charge on any atom is 0.239 e. The maximum absolute atomic E-state index is 8.92. The van der Waals surface area contributed by atoms with Crippen molar-refractivity contribution < 1.29 is 9.84 Å². The minimum absolute atomic E-state index is 0.0246. The number of ether oxygens (including phenoxy) is 1. The summed E-state index contributed by atoms with van der Waals surface area (Å²) in [6.45, 7) is -0.0246. The Labute approximate surface area is 109 Å². The van der Waals surface area contributed by atoms with Gasteiger partial charge in [0.1, 0.15) is 16.8 Å². The highest BCUT2D eigenvalue weighted by Gasteiger charge is 2.09. The van der Waals surface area contributed by atoms with Crippen LogP contribution in [0.3, 0.4) is 0 Å². The largest absolute Gasteiger partial charge is 0.437 e. The molecule has 0 aliphatic rings. The molecule has 0 saturated heterocycles. The quantitative estimate of drug-likeness (QED) is 0.921. The molecule has 1 aromatic heterocycles. The number of rotatable bonds is 3. The van der Waals surface area contributed by atoms with Crippen molar-refractivity contribution in [3.63, 3.8) is 0 Å².